The van der Waals surface area contributed by atoms with Gasteiger partial charge in [-0.15, -0.1) is 0 Å². The fourth-order valence-electron chi connectivity index (χ4n) is 3.25. The van der Waals surface area contributed by atoms with Gasteiger partial charge in [-0.1, -0.05) is 0 Å². The third-order valence-corrected chi connectivity index (χ3v) is 4.58. The van der Waals surface area contributed by atoms with Crippen LogP contribution in [-0.2, 0) is 20.5 Å². The summed E-state index contributed by atoms with van der Waals surface area (Å²) in [6, 6.07) is 5.51. The molecule has 0 aliphatic carbocycles. The van der Waals surface area contributed by atoms with Crippen molar-refractivity contribution in [1.29, 1.82) is 0 Å². The highest BCUT2D eigenvalue weighted by Gasteiger charge is 2.22. The van der Waals surface area contributed by atoms with Gasteiger partial charge < -0.3 is 9.40 Å². The first kappa shape index (κ1) is 16.3. The van der Waals surface area contributed by atoms with Crippen LogP contribution in [0.5, 0.6) is 0 Å². The van der Waals surface area contributed by atoms with Gasteiger partial charge in [-0.05, 0) is 18.2 Å². The molecule has 1 N–H and O–H groups in total. The smallest absolute Gasteiger partial charge is 0.278 e. The van der Waals surface area contributed by atoms with Crippen molar-refractivity contribution >= 4 is 0 Å². The summed E-state index contributed by atoms with van der Waals surface area (Å²) < 4.78 is 10.4. The van der Waals surface area contributed by atoms with Gasteiger partial charge in [-0.3, -0.25) is 18.7 Å². The monoisotopic (exact) mass is 375 g/mol. The molecular weight excluding hydrogens is 358 g/mol. The fourth-order valence-corrected chi connectivity index (χ4v) is 3.25. The average Bonchev–Trinajstić information content (AvgIpc) is 3.46. The molecule has 0 atom stereocenters. The number of furan rings is 1. The quantitative estimate of drug-likeness (QED) is 0.518. The molecule has 2 aliphatic heterocycles. The van der Waals surface area contributed by atoms with E-state index in [2.05, 4.69) is 20.2 Å². The van der Waals surface area contributed by atoms with E-state index in [1.807, 2.05) is 38.6 Å². The Morgan fingerprint density at radius 1 is 1.18 bits per heavy atom. The number of H-pyrrole nitrogens is 1. The SMILES string of the molecule is Cn1cc(-c2[nH]c(-c3ccn(C)n3)cn3c(=O)c(Cc4ccco4)nc2-3)cn1. The lowest BCUT2D eigenvalue weighted by Crippen LogP contribution is -2.16. The van der Waals surface area contributed by atoms with Crippen LogP contribution >= 0.6 is 0 Å². The van der Waals surface area contributed by atoms with Crippen LogP contribution in [0.25, 0.3) is 28.5 Å². The topological polar surface area (TPSA) is 99.5 Å². The van der Waals surface area contributed by atoms with Gasteiger partial charge >= 0.3 is 0 Å². The normalized spacial score (nSPS) is 11.5. The molecule has 2 aliphatic rings. The van der Waals surface area contributed by atoms with E-state index < -0.39 is 0 Å². The van der Waals surface area contributed by atoms with Crippen LogP contribution in [0, 0.1) is 0 Å². The molecule has 0 amide bonds. The van der Waals surface area contributed by atoms with Crippen LogP contribution in [0.2, 0.25) is 0 Å². The first-order valence-electron chi connectivity index (χ1n) is 8.74. The van der Waals surface area contributed by atoms with E-state index >= 15 is 0 Å². The maximum absolute atomic E-state index is 13.0. The number of fused-ring (bicyclic) bond motifs is 1. The third-order valence-electron chi connectivity index (χ3n) is 4.58. The first-order chi connectivity index (χ1) is 13.6. The highest BCUT2D eigenvalue weighted by Crippen LogP contribution is 2.27. The van der Waals surface area contributed by atoms with Gasteiger partial charge in [0, 0.05) is 38.2 Å². The number of aromatic nitrogens is 7. The molecule has 3 aromatic rings. The zero-order valence-electron chi connectivity index (χ0n) is 15.3. The minimum absolute atomic E-state index is 0.178. The van der Waals surface area contributed by atoms with Crippen molar-refractivity contribution in [3.8, 4) is 28.5 Å². The van der Waals surface area contributed by atoms with E-state index in [0.717, 1.165) is 11.3 Å². The summed E-state index contributed by atoms with van der Waals surface area (Å²) in [4.78, 5) is 21.0. The van der Waals surface area contributed by atoms with Crippen molar-refractivity contribution in [2.24, 2.45) is 14.1 Å². The van der Waals surface area contributed by atoms with Gasteiger partial charge in [0.25, 0.3) is 5.56 Å². The van der Waals surface area contributed by atoms with Crippen LogP contribution in [0.15, 0.2) is 58.5 Å². The lowest BCUT2D eigenvalue weighted by Gasteiger charge is -2.10. The number of hydrogen-bond donors (Lipinski definition) is 1. The van der Waals surface area contributed by atoms with Crippen molar-refractivity contribution in [2.75, 3.05) is 0 Å². The number of hydrogen-bond acceptors (Lipinski definition) is 5. The number of aryl methyl sites for hydroxylation is 2. The fraction of sp³-hybridized carbons (Fsp3) is 0.158. The zero-order chi connectivity index (χ0) is 19.3. The average molecular weight is 375 g/mol. The zero-order valence-corrected chi connectivity index (χ0v) is 15.3. The predicted octanol–water partition coefficient (Wildman–Crippen LogP) is 1.98. The van der Waals surface area contributed by atoms with Crippen molar-refractivity contribution < 1.29 is 4.42 Å². The van der Waals surface area contributed by atoms with Crippen LogP contribution in [0.4, 0.5) is 0 Å². The Morgan fingerprint density at radius 3 is 2.75 bits per heavy atom. The molecular formula is C19H17N7O2. The largest absolute Gasteiger partial charge is 0.469 e. The number of rotatable bonds is 4. The van der Waals surface area contributed by atoms with Crippen LogP contribution in [0.3, 0.4) is 0 Å². The number of nitrogens with zero attached hydrogens (tertiary/aromatic N) is 6. The van der Waals surface area contributed by atoms with Crippen LogP contribution in [0.1, 0.15) is 11.5 Å². The van der Waals surface area contributed by atoms with Gasteiger partial charge in [-0.25, -0.2) is 4.98 Å². The van der Waals surface area contributed by atoms with Gasteiger partial charge in [0.15, 0.2) is 5.82 Å². The summed E-state index contributed by atoms with van der Waals surface area (Å²) >= 11 is 0. The summed E-state index contributed by atoms with van der Waals surface area (Å²) in [5.41, 5.74) is 3.23. The summed E-state index contributed by atoms with van der Waals surface area (Å²) in [6.45, 7) is 0. The van der Waals surface area contributed by atoms with Crippen molar-refractivity contribution in [3.05, 3.63) is 71.1 Å². The molecule has 140 valence electrons. The molecule has 0 radical (unpaired) electrons. The Labute approximate surface area is 159 Å². The summed E-state index contributed by atoms with van der Waals surface area (Å²) in [5.74, 6) is 1.23. The molecule has 5 rings (SSSR count). The predicted molar refractivity (Wildman–Crippen MR) is 101 cm³/mol. The van der Waals surface area contributed by atoms with Gasteiger partial charge in [0.1, 0.15) is 17.1 Å². The summed E-state index contributed by atoms with van der Waals surface area (Å²) in [7, 11) is 3.69. The Hall–Kier alpha value is -3.88. The summed E-state index contributed by atoms with van der Waals surface area (Å²) in [6.07, 6.45) is 9.12. The maximum atomic E-state index is 13.0. The first-order valence-corrected chi connectivity index (χ1v) is 8.74. The minimum Gasteiger partial charge on any atom is -0.469 e. The second kappa shape index (κ2) is 6.08. The highest BCUT2D eigenvalue weighted by molar-refractivity contribution is 5.70. The molecule has 0 unspecified atom stereocenters. The van der Waals surface area contributed by atoms with E-state index in [1.54, 1.807) is 38.7 Å². The molecule has 0 fully saturated rings. The molecule has 0 aromatic carbocycles. The second-order valence-corrected chi connectivity index (χ2v) is 6.63. The van der Waals surface area contributed by atoms with Gasteiger partial charge in [-0.2, -0.15) is 10.2 Å². The number of aromatic amines is 1. The van der Waals surface area contributed by atoms with Crippen molar-refractivity contribution in [2.45, 2.75) is 6.42 Å². The van der Waals surface area contributed by atoms with Gasteiger partial charge in [0.2, 0.25) is 0 Å². The lowest BCUT2D eigenvalue weighted by molar-refractivity contribution is 0.519. The Kier molecular flexibility index (Phi) is 3.54. The minimum atomic E-state index is -0.178. The molecule has 28 heavy (non-hydrogen) atoms. The highest BCUT2D eigenvalue weighted by atomic mass is 16.3. The second-order valence-electron chi connectivity index (χ2n) is 6.63. The molecule has 5 heterocycles. The molecule has 0 saturated heterocycles. The Morgan fingerprint density at radius 2 is 2.07 bits per heavy atom. The Bertz CT molecular complexity index is 1290. The molecule has 9 nitrogen and oxygen atoms in total. The van der Waals surface area contributed by atoms with E-state index in [1.165, 1.54) is 0 Å². The van der Waals surface area contributed by atoms with Crippen LogP contribution < -0.4 is 5.56 Å². The van der Waals surface area contributed by atoms with E-state index in [4.69, 9.17) is 4.42 Å². The van der Waals surface area contributed by atoms with E-state index in [0.29, 0.717) is 35.1 Å². The van der Waals surface area contributed by atoms with Gasteiger partial charge in [0.05, 0.1) is 30.3 Å². The third kappa shape index (κ3) is 2.64. The number of imidazole rings is 1. The molecule has 0 saturated carbocycles. The van der Waals surface area contributed by atoms with E-state index in [9.17, 15) is 4.79 Å². The van der Waals surface area contributed by atoms with Crippen molar-refractivity contribution in [1.82, 2.24) is 34.1 Å². The lowest BCUT2D eigenvalue weighted by atomic mass is 10.2. The van der Waals surface area contributed by atoms with Crippen molar-refractivity contribution in [3.63, 3.8) is 0 Å². The van der Waals surface area contributed by atoms with E-state index in [-0.39, 0.29) is 5.56 Å². The molecule has 3 aromatic heterocycles. The molecule has 9 heteroatoms. The molecule has 0 spiro atoms. The Balaban J connectivity index is 1.74. The maximum Gasteiger partial charge on any atom is 0.278 e. The van der Waals surface area contributed by atoms with Crippen LogP contribution in [-0.4, -0.2) is 34.1 Å². The summed E-state index contributed by atoms with van der Waals surface area (Å²) in [5, 5.41) is 8.68. The number of nitrogens with one attached hydrogen (secondary N) is 1. The standard InChI is InChI=1S/C19H17N7O2/c1-24-6-5-14(23-24)16-11-26-18(17(21-16)12-9-20-25(2)10-12)22-15(19(26)27)8-13-4-3-7-28-13/h3-7,9-11,21H,8H2,1-2H3. The molecule has 0 bridgehead atoms.